The van der Waals surface area contributed by atoms with Crippen molar-refractivity contribution in [2.24, 2.45) is 23.5 Å². The molecule has 2 aromatic heterocycles. The van der Waals surface area contributed by atoms with E-state index in [9.17, 15) is 4.79 Å². The van der Waals surface area contributed by atoms with E-state index in [1.54, 1.807) is 11.3 Å². The summed E-state index contributed by atoms with van der Waals surface area (Å²) < 4.78 is 2.27. The number of fused-ring (bicyclic) bond motifs is 2. The number of carbonyl (C=O) groups is 1. The zero-order valence-electron chi connectivity index (χ0n) is 14.6. The van der Waals surface area contributed by atoms with E-state index in [0.29, 0.717) is 12.0 Å². The molecule has 5 nitrogen and oxygen atoms in total. The molecule has 2 aliphatic carbocycles. The van der Waals surface area contributed by atoms with Gasteiger partial charge in [0.25, 0.3) is 0 Å². The van der Waals surface area contributed by atoms with Gasteiger partial charge in [0.15, 0.2) is 11.0 Å². The summed E-state index contributed by atoms with van der Waals surface area (Å²) in [6.45, 7) is 4.13. The van der Waals surface area contributed by atoms with Crippen LogP contribution in [0.5, 0.6) is 0 Å². The van der Waals surface area contributed by atoms with Crippen LogP contribution in [0, 0.1) is 17.8 Å². The van der Waals surface area contributed by atoms with Crippen LogP contribution >= 0.6 is 23.1 Å². The van der Waals surface area contributed by atoms with Crippen molar-refractivity contribution >= 4 is 29.0 Å². The third-order valence-corrected chi connectivity index (χ3v) is 7.85. The topological polar surface area (TPSA) is 73.8 Å². The number of aromatic nitrogens is 3. The molecule has 0 spiro atoms. The van der Waals surface area contributed by atoms with Gasteiger partial charge >= 0.3 is 0 Å². The predicted octanol–water partition coefficient (Wildman–Crippen LogP) is 3.97. The van der Waals surface area contributed by atoms with Crippen molar-refractivity contribution < 1.29 is 4.79 Å². The Balaban J connectivity index is 1.69. The van der Waals surface area contributed by atoms with Crippen LogP contribution in [0.2, 0.25) is 0 Å². The van der Waals surface area contributed by atoms with Crippen molar-refractivity contribution in [2.75, 3.05) is 0 Å². The van der Waals surface area contributed by atoms with Crippen LogP contribution in [0.15, 0.2) is 22.7 Å². The van der Waals surface area contributed by atoms with E-state index in [1.165, 1.54) is 37.4 Å². The van der Waals surface area contributed by atoms with Crippen LogP contribution in [0.3, 0.4) is 0 Å². The quantitative estimate of drug-likeness (QED) is 0.774. The van der Waals surface area contributed by atoms with Crippen LogP contribution < -0.4 is 5.73 Å². The number of rotatable bonds is 6. The summed E-state index contributed by atoms with van der Waals surface area (Å²) in [4.78, 5) is 12.7. The average molecular weight is 377 g/mol. The second-order valence-electron chi connectivity index (χ2n) is 7.40. The summed E-state index contributed by atoms with van der Waals surface area (Å²) in [7, 11) is 0. The fourth-order valence-corrected chi connectivity index (χ4v) is 6.18. The number of hydrogen-bond acceptors (Lipinski definition) is 5. The van der Waals surface area contributed by atoms with Gasteiger partial charge in [0.05, 0.1) is 10.1 Å². The molecule has 2 heterocycles. The molecule has 2 bridgehead atoms. The number of amides is 1. The maximum absolute atomic E-state index is 11.5. The maximum atomic E-state index is 11.5. The molecular formula is C18H24N4OS2. The van der Waals surface area contributed by atoms with Crippen LogP contribution in [0.4, 0.5) is 0 Å². The average Bonchev–Trinajstić information content (AvgIpc) is 3.36. The minimum absolute atomic E-state index is 0.314. The monoisotopic (exact) mass is 376 g/mol. The maximum Gasteiger partial charge on any atom is 0.230 e. The minimum atomic E-state index is -0.315. The first-order chi connectivity index (χ1) is 12.0. The van der Waals surface area contributed by atoms with Gasteiger partial charge in [0.1, 0.15) is 0 Å². The zero-order chi connectivity index (χ0) is 17.6. The minimum Gasteiger partial charge on any atom is -0.369 e. The lowest BCUT2D eigenvalue weighted by atomic mass is 9.84. The van der Waals surface area contributed by atoms with Gasteiger partial charge in [-0.3, -0.25) is 9.36 Å². The molecule has 0 saturated heterocycles. The molecule has 0 radical (unpaired) electrons. The van der Waals surface area contributed by atoms with Gasteiger partial charge in [-0.2, -0.15) is 0 Å². The fraction of sp³-hybridized carbons (Fsp3) is 0.611. The van der Waals surface area contributed by atoms with Gasteiger partial charge in [-0.1, -0.05) is 24.2 Å². The van der Waals surface area contributed by atoms with Crippen molar-refractivity contribution in [2.45, 2.75) is 56.0 Å². The number of nitrogens with two attached hydrogens (primary N) is 1. The molecular weight excluding hydrogens is 352 g/mol. The molecule has 25 heavy (non-hydrogen) atoms. The molecule has 7 heteroatoms. The second kappa shape index (κ2) is 6.76. The van der Waals surface area contributed by atoms with E-state index < -0.39 is 0 Å². The summed E-state index contributed by atoms with van der Waals surface area (Å²) in [5.41, 5.74) is 5.47. The van der Waals surface area contributed by atoms with E-state index in [1.807, 2.05) is 13.0 Å². The summed E-state index contributed by atoms with van der Waals surface area (Å²) in [5, 5.41) is 11.5. The van der Waals surface area contributed by atoms with Crippen LogP contribution in [0.25, 0.3) is 10.7 Å². The van der Waals surface area contributed by atoms with Crippen molar-refractivity contribution in [1.82, 2.24) is 14.8 Å². The van der Waals surface area contributed by atoms with Gasteiger partial charge in [0.2, 0.25) is 5.91 Å². The van der Waals surface area contributed by atoms with Gasteiger partial charge in [-0.05, 0) is 62.3 Å². The number of thioether (sulfide) groups is 1. The normalized spacial score (nSPS) is 27.5. The van der Waals surface area contributed by atoms with E-state index in [4.69, 9.17) is 5.73 Å². The molecule has 2 saturated carbocycles. The largest absolute Gasteiger partial charge is 0.369 e. The Bertz CT molecular complexity index is 757. The molecule has 5 atom stereocenters. The van der Waals surface area contributed by atoms with Crippen molar-refractivity contribution in [3.05, 3.63) is 17.5 Å². The Morgan fingerprint density at radius 3 is 2.80 bits per heavy atom. The van der Waals surface area contributed by atoms with E-state index in [0.717, 1.165) is 27.7 Å². The lowest BCUT2D eigenvalue weighted by molar-refractivity contribution is -0.117. The van der Waals surface area contributed by atoms with Crippen LogP contribution in [-0.4, -0.2) is 25.9 Å². The Kier molecular flexibility index (Phi) is 4.62. The molecule has 134 valence electrons. The molecule has 1 amide bonds. The van der Waals surface area contributed by atoms with Gasteiger partial charge in [-0.15, -0.1) is 21.5 Å². The van der Waals surface area contributed by atoms with Crippen molar-refractivity contribution in [3.8, 4) is 10.7 Å². The molecule has 0 aromatic carbocycles. The predicted molar refractivity (Wildman–Crippen MR) is 101 cm³/mol. The summed E-state index contributed by atoms with van der Waals surface area (Å²) in [5.74, 6) is 3.01. The SMILES string of the molecule is C[C@H](Sc1nnc(-c2cccs2)n1[C@@H](C)[C@@H]1C[C@H]2CC[C@H]1C2)C(N)=O. The van der Waals surface area contributed by atoms with Crippen LogP contribution in [0.1, 0.15) is 45.6 Å². The highest BCUT2D eigenvalue weighted by Gasteiger charge is 2.43. The van der Waals surface area contributed by atoms with Crippen molar-refractivity contribution in [3.63, 3.8) is 0 Å². The Morgan fingerprint density at radius 1 is 1.36 bits per heavy atom. The first kappa shape index (κ1) is 17.1. The lowest BCUT2D eigenvalue weighted by Gasteiger charge is -2.30. The Hall–Kier alpha value is -1.34. The summed E-state index contributed by atoms with van der Waals surface area (Å²) in [6, 6.07) is 4.47. The fourth-order valence-electron chi connectivity index (χ4n) is 4.59. The third kappa shape index (κ3) is 3.12. The van der Waals surface area contributed by atoms with Crippen LogP contribution in [-0.2, 0) is 4.79 Å². The standard InChI is InChI=1S/C18H24N4OS2/c1-10(14-9-12-5-6-13(14)8-12)22-17(15-4-3-7-24-15)20-21-18(22)25-11(2)16(19)23/h3-4,7,10-14H,5-6,8-9H2,1-2H3,(H2,19,23)/t10-,11-,12-,13-,14-/m0/s1. The molecule has 2 aromatic rings. The summed E-state index contributed by atoms with van der Waals surface area (Å²) in [6.07, 6.45) is 5.44. The smallest absolute Gasteiger partial charge is 0.230 e. The molecule has 2 N–H and O–H groups in total. The molecule has 0 aliphatic heterocycles. The third-order valence-electron chi connectivity index (χ3n) is 5.91. The lowest BCUT2D eigenvalue weighted by Crippen LogP contribution is -2.25. The van der Waals surface area contributed by atoms with Crippen molar-refractivity contribution in [1.29, 1.82) is 0 Å². The highest BCUT2D eigenvalue weighted by Crippen LogP contribution is 2.53. The highest BCUT2D eigenvalue weighted by molar-refractivity contribution is 8.00. The Labute approximate surface area is 156 Å². The number of carbonyl (C=O) groups excluding carboxylic acids is 1. The van der Waals surface area contributed by atoms with Gasteiger partial charge in [0, 0.05) is 6.04 Å². The molecule has 2 aliphatic rings. The molecule has 4 rings (SSSR count). The number of primary amides is 1. The Morgan fingerprint density at radius 2 is 2.20 bits per heavy atom. The second-order valence-corrected chi connectivity index (χ2v) is 9.65. The molecule has 0 unspecified atom stereocenters. The number of hydrogen-bond donors (Lipinski definition) is 1. The summed E-state index contributed by atoms with van der Waals surface area (Å²) >= 11 is 3.10. The first-order valence-corrected chi connectivity index (χ1v) is 10.7. The van der Waals surface area contributed by atoms with Gasteiger partial charge < -0.3 is 5.73 Å². The van der Waals surface area contributed by atoms with E-state index in [-0.39, 0.29) is 11.2 Å². The zero-order valence-corrected chi connectivity index (χ0v) is 16.2. The van der Waals surface area contributed by atoms with E-state index >= 15 is 0 Å². The number of thiophene rings is 1. The highest BCUT2D eigenvalue weighted by atomic mass is 32.2. The van der Waals surface area contributed by atoms with E-state index in [2.05, 4.69) is 33.1 Å². The number of nitrogens with zero attached hydrogens (tertiary/aromatic N) is 3. The first-order valence-electron chi connectivity index (χ1n) is 8.99. The molecule has 2 fully saturated rings. The van der Waals surface area contributed by atoms with Gasteiger partial charge in [-0.25, -0.2) is 0 Å².